The Morgan fingerprint density at radius 3 is 2.67 bits per heavy atom. The molecule has 5 heteroatoms. The number of halogens is 1. The highest BCUT2D eigenvalue weighted by molar-refractivity contribution is 9.10. The summed E-state index contributed by atoms with van der Waals surface area (Å²) in [6.07, 6.45) is 0.715. The van der Waals surface area contributed by atoms with Crippen LogP contribution in [0.2, 0.25) is 0 Å². The Kier molecular flexibility index (Phi) is 3.73. The molecule has 0 saturated carbocycles. The Balaban J connectivity index is 2.68. The van der Waals surface area contributed by atoms with E-state index >= 15 is 0 Å². The number of thiophene rings is 1. The SMILES string of the molecule is CCc1c(-c2ccccc2Br)sc(C(=O)O)c1N. The van der Waals surface area contributed by atoms with Crippen LogP contribution in [-0.2, 0) is 6.42 Å². The Morgan fingerprint density at radius 1 is 1.44 bits per heavy atom. The summed E-state index contributed by atoms with van der Waals surface area (Å²) in [7, 11) is 0. The molecule has 0 radical (unpaired) electrons. The summed E-state index contributed by atoms with van der Waals surface area (Å²) in [5.41, 5.74) is 8.20. The lowest BCUT2D eigenvalue weighted by Crippen LogP contribution is -1.99. The van der Waals surface area contributed by atoms with E-state index < -0.39 is 5.97 Å². The fraction of sp³-hybridized carbons (Fsp3) is 0.154. The predicted octanol–water partition coefficient (Wildman–Crippen LogP) is 4.02. The molecule has 0 bridgehead atoms. The van der Waals surface area contributed by atoms with E-state index in [1.54, 1.807) is 0 Å². The van der Waals surface area contributed by atoms with Crippen molar-refractivity contribution >= 4 is 38.9 Å². The molecule has 2 aromatic rings. The molecule has 2 rings (SSSR count). The quantitative estimate of drug-likeness (QED) is 0.895. The van der Waals surface area contributed by atoms with Crippen LogP contribution < -0.4 is 5.73 Å². The Labute approximate surface area is 117 Å². The number of rotatable bonds is 3. The molecule has 1 aromatic carbocycles. The minimum atomic E-state index is -0.967. The second-order valence-corrected chi connectivity index (χ2v) is 5.67. The molecule has 3 N–H and O–H groups in total. The fourth-order valence-corrected chi connectivity index (χ4v) is 3.66. The smallest absolute Gasteiger partial charge is 0.348 e. The van der Waals surface area contributed by atoms with Crippen LogP contribution in [0.5, 0.6) is 0 Å². The molecule has 18 heavy (non-hydrogen) atoms. The number of hydrogen-bond donors (Lipinski definition) is 2. The molecule has 0 aliphatic carbocycles. The van der Waals surface area contributed by atoms with Gasteiger partial charge in [-0.3, -0.25) is 0 Å². The lowest BCUT2D eigenvalue weighted by Gasteiger charge is -2.04. The van der Waals surface area contributed by atoms with Crippen molar-refractivity contribution in [1.29, 1.82) is 0 Å². The summed E-state index contributed by atoms with van der Waals surface area (Å²) in [4.78, 5) is 12.3. The minimum Gasteiger partial charge on any atom is -0.477 e. The molecule has 1 heterocycles. The van der Waals surface area contributed by atoms with Crippen molar-refractivity contribution in [1.82, 2.24) is 0 Å². The van der Waals surface area contributed by atoms with Gasteiger partial charge in [0.05, 0.1) is 5.69 Å². The maximum absolute atomic E-state index is 11.1. The highest BCUT2D eigenvalue weighted by atomic mass is 79.9. The van der Waals surface area contributed by atoms with Crippen molar-refractivity contribution in [3.05, 3.63) is 39.2 Å². The third kappa shape index (κ3) is 2.15. The maximum atomic E-state index is 11.1. The number of nitrogen functional groups attached to an aromatic ring is 1. The number of anilines is 1. The van der Waals surface area contributed by atoms with Crippen LogP contribution in [0, 0.1) is 0 Å². The average Bonchev–Trinajstić information content (AvgIpc) is 2.67. The van der Waals surface area contributed by atoms with Gasteiger partial charge in [-0.2, -0.15) is 0 Å². The molecule has 94 valence electrons. The second kappa shape index (κ2) is 5.12. The number of carboxylic acids is 1. The number of nitrogens with two attached hydrogens (primary N) is 1. The van der Waals surface area contributed by atoms with E-state index in [9.17, 15) is 4.79 Å². The molecule has 0 spiro atoms. The van der Waals surface area contributed by atoms with Crippen molar-refractivity contribution in [3.63, 3.8) is 0 Å². The van der Waals surface area contributed by atoms with Crippen LogP contribution in [-0.4, -0.2) is 11.1 Å². The third-order valence-corrected chi connectivity index (χ3v) is 4.67. The van der Waals surface area contributed by atoms with Crippen LogP contribution in [0.25, 0.3) is 10.4 Å². The zero-order valence-electron chi connectivity index (χ0n) is 9.74. The normalized spacial score (nSPS) is 10.6. The Bertz CT molecular complexity index is 607. The number of hydrogen-bond acceptors (Lipinski definition) is 3. The number of aromatic carboxylic acids is 1. The molecule has 0 aliphatic rings. The van der Waals surface area contributed by atoms with E-state index in [2.05, 4.69) is 15.9 Å². The standard InChI is InChI=1S/C13H12BrNO2S/c1-2-7-10(15)12(13(16)17)18-11(7)8-5-3-4-6-9(8)14/h3-6H,2,15H2,1H3,(H,16,17). The van der Waals surface area contributed by atoms with Gasteiger partial charge >= 0.3 is 5.97 Å². The first kappa shape index (κ1) is 13.1. The predicted molar refractivity (Wildman–Crippen MR) is 78.2 cm³/mol. The number of carbonyl (C=O) groups is 1. The lowest BCUT2D eigenvalue weighted by atomic mass is 10.1. The highest BCUT2D eigenvalue weighted by Crippen LogP contribution is 2.41. The van der Waals surface area contributed by atoms with Gasteiger partial charge < -0.3 is 10.8 Å². The lowest BCUT2D eigenvalue weighted by molar-refractivity contribution is 0.0703. The Hall–Kier alpha value is -1.33. The molecule has 0 fully saturated rings. The highest BCUT2D eigenvalue weighted by Gasteiger charge is 2.21. The van der Waals surface area contributed by atoms with Crippen LogP contribution in [0.3, 0.4) is 0 Å². The second-order valence-electron chi connectivity index (χ2n) is 3.79. The third-order valence-electron chi connectivity index (χ3n) is 2.71. The molecule has 0 saturated heterocycles. The van der Waals surface area contributed by atoms with Gasteiger partial charge in [0.2, 0.25) is 0 Å². The minimum absolute atomic E-state index is 0.220. The van der Waals surface area contributed by atoms with Gasteiger partial charge in [0.25, 0.3) is 0 Å². The van der Waals surface area contributed by atoms with Crippen LogP contribution >= 0.6 is 27.3 Å². The van der Waals surface area contributed by atoms with E-state index in [4.69, 9.17) is 10.8 Å². The van der Waals surface area contributed by atoms with Gasteiger partial charge in [0.1, 0.15) is 4.88 Å². The summed E-state index contributed by atoms with van der Waals surface area (Å²) in [5, 5.41) is 9.13. The van der Waals surface area contributed by atoms with Gasteiger partial charge in [-0.1, -0.05) is 41.1 Å². The average molecular weight is 326 g/mol. The summed E-state index contributed by atoms with van der Waals surface area (Å²) >= 11 is 4.72. The number of carboxylic acid groups (broad SMARTS) is 1. The van der Waals surface area contributed by atoms with E-state index in [0.717, 1.165) is 20.5 Å². The molecular formula is C13H12BrNO2S. The van der Waals surface area contributed by atoms with E-state index in [-0.39, 0.29) is 4.88 Å². The van der Waals surface area contributed by atoms with Gasteiger partial charge in [-0.05, 0) is 18.1 Å². The molecule has 3 nitrogen and oxygen atoms in total. The van der Waals surface area contributed by atoms with Crippen LogP contribution in [0.4, 0.5) is 5.69 Å². The van der Waals surface area contributed by atoms with Gasteiger partial charge in [0, 0.05) is 14.9 Å². The van der Waals surface area contributed by atoms with E-state index in [0.29, 0.717) is 12.1 Å². The van der Waals surface area contributed by atoms with Crippen molar-refractivity contribution < 1.29 is 9.90 Å². The van der Waals surface area contributed by atoms with Gasteiger partial charge in [-0.15, -0.1) is 11.3 Å². The van der Waals surface area contributed by atoms with Crippen molar-refractivity contribution in [2.24, 2.45) is 0 Å². The zero-order valence-corrected chi connectivity index (χ0v) is 12.1. The monoisotopic (exact) mass is 325 g/mol. The molecule has 0 amide bonds. The first-order valence-corrected chi connectivity index (χ1v) is 7.06. The molecular weight excluding hydrogens is 314 g/mol. The van der Waals surface area contributed by atoms with E-state index in [1.165, 1.54) is 11.3 Å². The van der Waals surface area contributed by atoms with Gasteiger partial charge in [-0.25, -0.2) is 4.79 Å². The Morgan fingerprint density at radius 2 is 2.11 bits per heavy atom. The van der Waals surface area contributed by atoms with Crippen molar-refractivity contribution in [2.75, 3.05) is 5.73 Å². The van der Waals surface area contributed by atoms with Crippen molar-refractivity contribution in [3.8, 4) is 10.4 Å². The zero-order chi connectivity index (χ0) is 13.3. The van der Waals surface area contributed by atoms with Gasteiger partial charge in [0.15, 0.2) is 0 Å². The molecule has 0 atom stereocenters. The topological polar surface area (TPSA) is 63.3 Å². The van der Waals surface area contributed by atoms with Crippen LogP contribution in [0.1, 0.15) is 22.2 Å². The summed E-state index contributed by atoms with van der Waals surface area (Å²) < 4.78 is 0.942. The fourth-order valence-electron chi connectivity index (χ4n) is 1.85. The first-order valence-electron chi connectivity index (χ1n) is 5.45. The van der Waals surface area contributed by atoms with Crippen LogP contribution in [0.15, 0.2) is 28.7 Å². The summed E-state index contributed by atoms with van der Waals surface area (Å²) in [5.74, 6) is -0.967. The number of benzene rings is 1. The summed E-state index contributed by atoms with van der Waals surface area (Å²) in [6, 6.07) is 7.75. The summed E-state index contributed by atoms with van der Waals surface area (Å²) in [6.45, 7) is 1.98. The molecule has 1 aromatic heterocycles. The molecule has 0 unspecified atom stereocenters. The largest absolute Gasteiger partial charge is 0.477 e. The maximum Gasteiger partial charge on any atom is 0.348 e. The first-order chi connectivity index (χ1) is 8.56. The molecule has 0 aliphatic heterocycles. The van der Waals surface area contributed by atoms with Crippen molar-refractivity contribution in [2.45, 2.75) is 13.3 Å². The van der Waals surface area contributed by atoms with E-state index in [1.807, 2.05) is 31.2 Å².